The van der Waals surface area contributed by atoms with E-state index in [1.165, 1.54) is 0 Å². The largest absolute Gasteiger partial charge is 0.454 e. The van der Waals surface area contributed by atoms with Gasteiger partial charge >= 0.3 is 0 Å². The normalized spacial score (nSPS) is 15.9. The molecular weight excluding hydrogens is 508 g/mol. The molecule has 0 radical (unpaired) electrons. The molecule has 2 N–H and O–H groups in total. The Hall–Kier alpha value is -4.08. The molecule has 3 aromatic heterocycles. The maximum absolute atomic E-state index is 13.6. The number of pyridine rings is 2. The standard InChI is InChI=1S/C31H34N4O5/c1-18-11-19(2)33-31(37)26(18)15-32-30(36)25-14-24-12-23(22-5-6-27-28(13-22)40-17-39-27)16-35(24)29(20(25)3)21(4)34-7-9-38-10-8-34/h5-6,11-14,16,21H,7-10,15,17H2,1-4H3,(H,32,36)(H,33,37). The monoisotopic (exact) mass is 542 g/mol. The van der Waals surface area contributed by atoms with E-state index >= 15 is 0 Å². The highest BCUT2D eigenvalue weighted by molar-refractivity contribution is 5.97. The molecule has 1 atom stereocenters. The molecule has 1 unspecified atom stereocenters. The molecular formula is C31H34N4O5. The van der Waals surface area contributed by atoms with Crippen LogP contribution in [0.2, 0.25) is 0 Å². The Morgan fingerprint density at radius 2 is 1.80 bits per heavy atom. The van der Waals surface area contributed by atoms with Gasteiger partial charge in [-0.3, -0.25) is 14.5 Å². The molecule has 1 fully saturated rings. The second-order valence-electron chi connectivity index (χ2n) is 10.6. The molecule has 9 heteroatoms. The van der Waals surface area contributed by atoms with Crippen molar-refractivity contribution in [2.75, 3.05) is 33.1 Å². The lowest BCUT2D eigenvalue weighted by atomic mass is 10.0. The number of benzene rings is 1. The van der Waals surface area contributed by atoms with Gasteiger partial charge in [0.15, 0.2) is 11.5 Å². The van der Waals surface area contributed by atoms with Gasteiger partial charge in [0.25, 0.3) is 11.5 Å². The van der Waals surface area contributed by atoms with E-state index in [0.717, 1.165) is 63.7 Å². The second-order valence-corrected chi connectivity index (χ2v) is 10.6. The van der Waals surface area contributed by atoms with Gasteiger partial charge in [-0.05, 0) is 74.7 Å². The average Bonchev–Trinajstić information content (AvgIpc) is 3.58. The summed E-state index contributed by atoms with van der Waals surface area (Å²) in [6.45, 7) is 11.3. The maximum Gasteiger partial charge on any atom is 0.253 e. The van der Waals surface area contributed by atoms with Crippen molar-refractivity contribution in [3.8, 4) is 22.6 Å². The maximum atomic E-state index is 13.6. The molecule has 1 saturated heterocycles. The summed E-state index contributed by atoms with van der Waals surface area (Å²) in [5.41, 5.74) is 7.55. The van der Waals surface area contributed by atoms with E-state index in [9.17, 15) is 9.59 Å². The fraction of sp³-hybridized carbons (Fsp3) is 0.355. The first-order valence-corrected chi connectivity index (χ1v) is 13.6. The summed E-state index contributed by atoms with van der Waals surface area (Å²) in [6.07, 6.45) is 2.13. The number of aromatic nitrogens is 2. The Balaban J connectivity index is 1.40. The third-order valence-electron chi connectivity index (χ3n) is 8.05. The molecule has 0 aliphatic carbocycles. The number of morpholine rings is 1. The number of nitrogens with zero attached hydrogens (tertiary/aromatic N) is 2. The summed E-state index contributed by atoms with van der Waals surface area (Å²) in [6, 6.07) is 11.9. The van der Waals surface area contributed by atoms with Crippen LogP contribution in [0.5, 0.6) is 11.5 Å². The molecule has 208 valence electrons. The summed E-state index contributed by atoms with van der Waals surface area (Å²) in [5, 5.41) is 3.00. The first-order chi connectivity index (χ1) is 19.3. The van der Waals surface area contributed by atoms with E-state index in [2.05, 4.69) is 38.8 Å². The van der Waals surface area contributed by atoms with Gasteiger partial charge in [0.1, 0.15) is 0 Å². The van der Waals surface area contributed by atoms with E-state index < -0.39 is 0 Å². The molecule has 0 bridgehead atoms. The molecule has 1 amide bonds. The molecule has 2 aliphatic rings. The molecule has 0 spiro atoms. The number of ether oxygens (including phenoxy) is 3. The number of aromatic amines is 1. The lowest BCUT2D eigenvalue weighted by molar-refractivity contribution is 0.0187. The number of carbonyl (C=O) groups excluding carboxylic acids is 1. The van der Waals surface area contributed by atoms with E-state index in [-0.39, 0.29) is 30.8 Å². The number of hydrogen-bond acceptors (Lipinski definition) is 6. The van der Waals surface area contributed by atoms with Crippen molar-refractivity contribution in [3.63, 3.8) is 0 Å². The van der Waals surface area contributed by atoms with Gasteiger partial charge in [0.05, 0.1) is 13.2 Å². The zero-order valence-corrected chi connectivity index (χ0v) is 23.3. The first-order valence-electron chi connectivity index (χ1n) is 13.6. The van der Waals surface area contributed by atoms with E-state index in [4.69, 9.17) is 14.2 Å². The van der Waals surface area contributed by atoms with Gasteiger partial charge in [-0.2, -0.15) is 0 Å². The molecule has 5 heterocycles. The molecule has 4 aromatic rings. The lowest BCUT2D eigenvalue weighted by Crippen LogP contribution is -2.39. The van der Waals surface area contributed by atoms with Crippen molar-refractivity contribution in [2.45, 2.75) is 40.3 Å². The van der Waals surface area contributed by atoms with Crippen LogP contribution >= 0.6 is 0 Å². The number of rotatable bonds is 6. The third-order valence-corrected chi connectivity index (χ3v) is 8.05. The Bertz CT molecular complexity index is 1660. The zero-order chi connectivity index (χ0) is 28.0. The average molecular weight is 543 g/mol. The van der Waals surface area contributed by atoms with E-state index in [1.807, 2.05) is 51.1 Å². The number of amides is 1. The van der Waals surface area contributed by atoms with Crippen molar-refractivity contribution < 1.29 is 19.0 Å². The number of carbonyl (C=O) groups is 1. The highest BCUT2D eigenvalue weighted by Crippen LogP contribution is 2.37. The van der Waals surface area contributed by atoms with Crippen LogP contribution in [-0.4, -0.2) is 53.3 Å². The van der Waals surface area contributed by atoms with Gasteiger partial charge in [0.2, 0.25) is 6.79 Å². The van der Waals surface area contributed by atoms with Crippen molar-refractivity contribution in [3.05, 3.63) is 86.6 Å². The van der Waals surface area contributed by atoms with Gasteiger partial charge in [0, 0.05) is 65.5 Å². The van der Waals surface area contributed by atoms with Crippen molar-refractivity contribution in [1.29, 1.82) is 0 Å². The summed E-state index contributed by atoms with van der Waals surface area (Å²) >= 11 is 0. The van der Waals surface area contributed by atoms with E-state index in [0.29, 0.717) is 24.3 Å². The Morgan fingerprint density at radius 3 is 2.58 bits per heavy atom. The molecule has 1 aromatic carbocycles. The Labute approximate surface area is 232 Å². The fourth-order valence-electron chi connectivity index (χ4n) is 5.86. The minimum absolute atomic E-state index is 0.0540. The summed E-state index contributed by atoms with van der Waals surface area (Å²) < 4.78 is 18.9. The molecule has 2 aliphatic heterocycles. The lowest BCUT2D eigenvalue weighted by Gasteiger charge is -2.34. The molecule has 40 heavy (non-hydrogen) atoms. The number of nitrogens with one attached hydrogen (secondary N) is 2. The summed E-state index contributed by atoms with van der Waals surface area (Å²) in [5.74, 6) is 1.26. The van der Waals surface area contributed by atoms with Crippen molar-refractivity contribution in [1.82, 2.24) is 19.6 Å². The molecule has 9 nitrogen and oxygen atoms in total. The van der Waals surface area contributed by atoms with Crippen LogP contribution in [0.1, 0.15) is 51.4 Å². The van der Waals surface area contributed by atoms with Crippen LogP contribution in [0, 0.1) is 20.8 Å². The number of aryl methyl sites for hydroxylation is 2. The van der Waals surface area contributed by atoms with E-state index in [1.54, 1.807) is 0 Å². The van der Waals surface area contributed by atoms with Crippen LogP contribution in [0.4, 0.5) is 0 Å². The van der Waals surface area contributed by atoms with Gasteiger partial charge in [-0.15, -0.1) is 0 Å². The Morgan fingerprint density at radius 1 is 1.02 bits per heavy atom. The fourth-order valence-corrected chi connectivity index (χ4v) is 5.86. The molecule has 0 saturated carbocycles. The van der Waals surface area contributed by atoms with Crippen LogP contribution < -0.4 is 20.3 Å². The van der Waals surface area contributed by atoms with Gasteiger partial charge in [-0.1, -0.05) is 6.07 Å². The zero-order valence-electron chi connectivity index (χ0n) is 23.3. The summed E-state index contributed by atoms with van der Waals surface area (Å²) in [7, 11) is 0. The van der Waals surface area contributed by atoms with Crippen LogP contribution in [0.25, 0.3) is 16.6 Å². The smallest absolute Gasteiger partial charge is 0.253 e. The van der Waals surface area contributed by atoms with Crippen molar-refractivity contribution >= 4 is 11.4 Å². The highest BCUT2D eigenvalue weighted by atomic mass is 16.7. The third kappa shape index (κ3) is 4.76. The minimum atomic E-state index is -0.208. The van der Waals surface area contributed by atoms with Gasteiger partial charge in [-0.25, -0.2) is 0 Å². The van der Waals surface area contributed by atoms with Crippen LogP contribution in [-0.2, 0) is 11.3 Å². The summed E-state index contributed by atoms with van der Waals surface area (Å²) in [4.78, 5) is 31.4. The van der Waals surface area contributed by atoms with Crippen LogP contribution in [0.3, 0.4) is 0 Å². The Kier molecular flexibility index (Phi) is 6.85. The number of hydrogen-bond donors (Lipinski definition) is 2. The SMILES string of the molecule is Cc1cc(C)c(CNC(=O)c2cc3cc(-c4ccc5c(c4)OCO5)cn3c(C(C)N3CCOCC3)c2C)c(=O)[nH]1. The first kappa shape index (κ1) is 26.2. The minimum Gasteiger partial charge on any atom is -0.454 e. The second kappa shape index (κ2) is 10.5. The van der Waals surface area contributed by atoms with Gasteiger partial charge < -0.3 is 28.9 Å². The number of fused-ring (bicyclic) bond motifs is 2. The predicted molar refractivity (Wildman–Crippen MR) is 152 cm³/mol. The van der Waals surface area contributed by atoms with Crippen molar-refractivity contribution in [2.24, 2.45) is 0 Å². The quantitative estimate of drug-likeness (QED) is 0.378. The molecule has 6 rings (SSSR count). The van der Waals surface area contributed by atoms with Crippen LogP contribution in [0.15, 0.2) is 47.4 Å². The number of H-pyrrole nitrogens is 1. The topological polar surface area (TPSA) is 97.3 Å². The predicted octanol–water partition coefficient (Wildman–Crippen LogP) is 4.27. The highest BCUT2D eigenvalue weighted by Gasteiger charge is 2.26.